The number of hydrogen-bond acceptors (Lipinski definition) is 4. The largest absolute Gasteiger partial charge is 0.476 e. The van der Waals surface area contributed by atoms with Crippen molar-refractivity contribution in [2.75, 3.05) is 0 Å². The van der Waals surface area contributed by atoms with E-state index in [2.05, 4.69) is 4.98 Å². The molecular weight excluding hydrogens is 162 g/mol. The highest BCUT2D eigenvalue weighted by Gasteiger charge is 2.11. The summed E-state index contributed by atoms with van der Waals surface area (Å²) in [6.07, 6.45) is 2.98. The van der Waals surface area contributed by atoms with Crippen molar-refractivity contribution in [2.24, 2.45) is 0 Å². The lowest BCUT2D eigenvalue weighted by Gasteiger charge is -1.90. The second-order valence-corrected chi connectivity index (χ2v) is 2.15. The first kappa shape index (κ1) is 8.45. The third-order valence-electron chi connectivity index (χ3n) is 1.29. The van der Waals surface area contributed by atoms with Crippen molar-refractivity contribution in [1.29, 1.82) is 0 Å². The summed E-state index contributed by atoms with van der Waals surface area (Å²) >= 11 is 0. The van der Waals surface area contributed by atoms with Gasteiger partial charge < -0.3 is 9.52 Å². The van der Waals surface area contributed by atoms with Gasteiger partial charge in [0.25, 0.3) is 0 Å². The minimum atomic E-state index is -1.42. The summed E-state index contributed by atoms with van der Waals surface area (Å²) < 4.78 is 4.81. The highest BCUT2D eigenvalue weighted by molar-refractivity contribution is 6.32. The number of carboxylic acids is 1. The Morgan fingerprint density at radius 3 is 2.83 bits per heavy atom. The molecule has 1 heterocycles. The van der Waals surface area contributed by atoms with Crippen molar-refractivity contribution < 1.29 is 19.1 Å². The number of aryl methyl sites for hydroxylation is 1. The number of aromatic nitrogens is 1. The van der Waals surface area contributed by atoms with Crippen LogP contribution in [0.4, 0.5) is 0 Å². The smallest absolute Gasteiger partial charge is 0.372 e. The normalized spacial score (nSPS) is 9.67. The Bertz CT molecular complexity index is 278. The van der Waals surface area contributed by atoms with Gasteiger partial charge in [-0.25, -0.2) is 9.78 Å². The van der Waals surface area contributed by atoms with Gasteiger partial charge in [-0.05, 0) is 0 Å². The Labute approximate surface area is 68.0 Å². The molecule has 1 rings (SSSR count). The van der Waals surface area contributed by atoms with E-state index in [-0.39, 0.29) is 12.8 Å². The number of nitrogens with zero attached hydrogens (tertiary/aromatic N) is 1. The van der Waals surface area contributed by atoms with Gasteiger partial charge in [-0.15, -0.1) is 0 Å². The molecule has 0 unspecified atom stereocenters. The summed E-state index contributed by atoms with van der Waals surface area (Å²) in [6.45, 7) is 0. The first-order valence-electron chi connectivity index (χ1n) is 3.34. The summed E-state index contributed by atoms with van der Waals surface area (Å²) in [5.74, 6) is -1.86. The van der Waals surface area contributed by atoms with E-state index >= 15 is 0 Å². The maximum Gasteiger partial charge on any atom is 0.372 e. The second-order valence-electron chi connectivity index (χ2n) is 2.15. The number of carbonyl (C=O) groups excluding carboxylic acids is 1. The minimum Gasteiger partial charge on any atom is -0.476 e. The average molecular weight is 169 g/mol. The van der Waals surface area contributed by atoms with Crippen LogP contribution >= 0.6 is 0 Å². The molecule has 0 aliphatic rings. The monoisotopic (exact) mass is 169 g/mol. The third kappa shape index (κ3) is 2.19. The fourth-order valence-corrected chi connectivity index (χ4v) is 0.704. The molecule has 0 aliphatic carbocycles. The van der Waals surface area contributed by atoms with Crippen LogP contribution in [0.15, 0.2) is 16.9 Å². The number of aliphatic carboxylic acids is 1. The van der Waals surface area contributed by atoms with E-state index in [0.29, 0.717) is 5.89 Å². The van der Waals surface area contributed by atoms with Crippen LogP contribution in [0.2, 0.25) is 0 Å². The van der Waals surface area contributed by atoms with Crippen LogP contribution in [0.1, 0.15) is 12.3 Å². The SMILES string of the molecule is O=C(O)C(=O)CCc1ncco1. The highest BCUT2D eigenvalue weighted by atomic mass is 16.4. The van der Waals surface area contributed by atoms with Crippen molar-refractivity contribution in [2.45, 2.75) is 12.8 Å². The molecule has 0 amide bonds. The van der Waals surface area contributed by atoms with Crippen LogP contribution < -0.4 is 0 Å². The topological polar surface area (TPSA) is 80.4 Å². The molecule has 0 spiro atoms. The molecule has 0 aliphatic heterocycles. The zero-order chi connectivity index (χ0) is 8.97. The van der Waals surface area contributed by atoms with E-state index in [9.17, 15) is 9.59 Å². The van der Waals surface area contributed by atoms with E-state index in [0.717, 1.165) is 0 Å². The Kier molecular flexibility index (Phi) is 2.57. The Morgan fingerprint density at radius 2 is 2.33 bits per heavy atom. The van der Waals surface area contributed by atoms with Gasteiger partial charge in [0.15, 0.2) is 5.89 Å². The fourth-order valence-electron chi connectivity index (χ4n) is 0.704. The molecule has 1 aromatic heterocycles. The standard InChI is InChI=1S/C7H7NO4/c9-5(7(10)11)1-2-6-8-3-4-12-6/h3-4H,1-2H2,(H,10,11). The number of Topliss-reactive ketones (excluding diaryl/α,β-unsaturated/α-hetero) is 1. The molecule has 0 radical (unpaired) electrons. The molecule has 0 atom stereocenters. The van der Waals surface area contributed by atoms with Crippen molar-refractivity contribution in [3.05, 3.63) is 18.4 Å². The first-order valence-corrected chi connectivity index (χ1v) is 3.34. The number of rotatable bonds is 4. The van der Waals surface area contributed by atoms with Gasteiger partial charge in [-0.1, -0.05) is 0 Å². The fraction of sp³-hybridized carbons (Fsp3) is 0.286. The van der Waals surface area contributed by atoms with Crippen LogP contribution in [0, 0.1) is 0 Å². The maximum absolute atomic E-state index is 10.6. The molecule has 12 heavy (non-hydrogen) atoms. The third-order valence-corrected chi connectivity index (χ3v) is 1.29. The molecule has 1 aromatic rings. The number of ketones is 1. The van der Waals surface area contributed by atoms with E-state index in [1.807, 2.05) is 0 Å². The van der Waals surface area contributed by atoms with E-state index in [1.54, 1.807) is 0 Å². The summed E-state index contributed by atoms with van der Waals surface area (Å²) in [5.41, 5.74) is 0. The van der Waals surface area contributed by atoms with Crippen molar-refractivity contribution in [1.82, 2.24) is 4.98 Å². The van der Waals surface area contributed by atoms with Gasteiger partial charge in [0.1, 0.15) is 6.26 Å². The Morgan fingerprint density at radius 1 is 1.58 bits per heavy atom. The number of hydrogen-bond donors (Lipinski definition) is 1. The van der Waals surface area contributed by atoms with E-state index < -0.39 is 11.8 Å². The zero-order valence-corrected chi connectivity index (χ0v) is 6.19. The van der Waals surface area contributed by atoms with Gasteiger partial charge in [0, 0.05) is 12.8 Å². The predicted molar refractivity (Wildman–Crippen MR) is 37.5 cm³/mol. The Balaban J connectivity index is 2.37. The Hall–Kier alpha value is -1.65. The average Bonchev–Trinajstić information content (AvgIpc) is 2.51. The molecule has 5 nitrogen and oxygen atoms in total. The molecule has 5 heteroatoms. The summed E-state index contributed by atoms with van der Waals surface area (Å²) in [5, 5.41) is 8.21. The maximum atomic E-state index is 10.6. The minimum absolute atomic E-state index is 0.0736. The van der Waals surface area contributed by atoms with Crippen molar-refractivity contribution >= 4 is 11.8 Å². The van der Waals surface area contributed by atoms with Gasteiger partial charge >= 0.3 is 5.97 Å². The molecule has 0 aromatic carbocycles. The van der Waals surface area contributed by atoms with Crippen molar-refractivity contribution in [3.8, 4) is 0 Å². The van der Waals surface area contributed by atoms with Crippen LogP contribution in [-0.4, -0.2) is 21.8 Å². The van der Waals surface area contributed by atoms with Crippen LogP contribution in [-0.2, 0) is 16.0 Å². The van der Waals surface area contributed by atoms with Crippen LogP contribution in [0.25, 0.3) is 0 Å². The molecule has 0 saturated heterocycles. The quantitative estimate of drug-likeness (QED) is 0.654. The number of oxazole rings is 1. The predicted octanol–water partition coefficient (Wildman–Crippen LogP) is 0.261. The zero-order valence-electron chi connectivity index (χ0n) is 6.19. The first-order chi connectivity index (χ1) is 5.70. The second kappa shape index (κ2) is 3.66. The number of carboxylic acid groups (broad SMARTS) is 1. The van der Waals surface area contributed by atoms with Gasteiger partial charge in [0.2, 0.25) is 5.78 Å². The summed E-state index contributed by atoms with van der Waals surface area (Å²) in [4.78, 5) is 24.4. The molecule has 64 valence electrons. The molecule has 1 N–H and O–H groups in total. The van der Waals surface area contributed by atoms with Crippen LogP contribution in [0.5, 0.6) is 0 Å². The van der Waals surface area contributed by atoms with Gasteiger partial charge in [-0.3, -0.25) is 4.79 Å². The summed E-state index contributed by atoms with van der Waals surface area (Å²) in [6, 6.07) is 0. The van der Waals surface area contributed by atoms with Crippen molar-refractivity contribution in [3.63, 3.8) is 0 Å². The van der Waals surface area contributed by atoms with Gasteiger partial charge in [-0.2, -0.15) is 0 Å². The molecule has 0 saturated carbocycles. The lowest BCUT2D eigenvalue weighted by molar-refractivity contribution is -0.149. The lowest BCUT2D eigenvalue weighted by Crippen LogP contribution is -2.12. The lowest BCUT2D eigenvalue weighted by atomic mass is 10.2. The summed E-state index contributed by atoms with van der Waals surface area (Å²) in [7, 11) is 0. The van der Waals surface area contributed by atoms with Crippen LogP contribution in [0.3, 0.4) is 0 Å². The molecule has 0 fully saturated rings. The molecule has 0 bridgehead atoms. The highest BCUT2D eigenvalue weighted by Crippen LogP contribution is 1.99. The van der Waals surface area contributed by atoms with Gasteiger partial charge in [0.05, 0.1) is 6.20 Å². The molecular formula is C7H7NO4. The van der Waals surface area contributed by atoms with E-state index in [1.165, 1.54) is 12.5 Å². The van der Waals surface area contributed by atoms with E-state index in [4.69, 9.17) is 9.52 Å². The number of carbonyl (C=O) groups is 2.